The normalized spacial score (nSPS) is 10.9. The summed E-state index contributed by atoms with van der Waals surface area (Å²) in [7, 11) is -2.32. The van der Waals surface area contributed by atoms with Gasteiger partial charge in [0.25, 0.3) is 10.0 Å². The summed E-state index contributed by atoms with van der Waals surface area (Å²) >= 11 is 11.6. The maximum Gasteiger partial charge on any atom is 0.318 e. The van der Waals surface area contributed by atoms with E-state index in [-0.39, 0.29) is 21.0 Å². The minimum atomic E-state index is -3.82. The number of benzene rings is 2. The van der Waals surface area contributed by atoms with Crippen LogP contribution in [0, 0.1) is 0 Å². The second-order valence-corrected chi connectivity index (χ2v) is 7.05. The minimum absolute atomic E-state index is 0.0393. The van der Waals surface area contributed by atoms with Crippen molar-refractivity contribution in [1.29, 1.82) is 0 Å². The van der Waals surface area contributed by atoms with E-state index in [4.69, 9.17) is 23.2 Å². The van der Waals surface area contributed by atoms with Gasteiger partial charge < -0.3 is 10.6 Å². The Morgan fingerprint density at radius 2 is 1.48 bits per heavy atom. The molecule has 0 heterocycles. The lowest BCUT2D eigenvalue weighted by atomic mass is 10.3. The average Bonchev–Trinajstić information content (AvgIpc) is 2.48. The van der Waals surface area contributed by atoms with Gasteiger partial charge in [-0.3, -0.25) is 4.72 Å². The van der Waals surface area contributed by atoms with Gasteiger partial charge in [-0.05, 0) is 42.5 Å². The third-order valence-electron chi connectivity index (χ3n) is 2.77. The Labute approximate surface area is 143 Å². The molecule has 0 saturated carbocycles. The van der Waals surface area contributed by atoms with Gasteiger partial charge in [-0.25, -0.2) is 13.2 Å². The second kappa shape index (κ2) is 7.08. The zero-order chi connectivity index (χ0) is 17.0. The smallest absolute Gasteiger partial charge is 0.318 e. The SMILES string of the molecule is CNC(=O)Nc1ccc(NS(=O)(=O)c2cc(Cl)cc(Cl)c2)cc1. The summed E-state index contributed by atoms with van der Waals surface area (Å²) in [5.74, 6) is 0. The van der Waals surface area contributed by atoms with E-state index in [2.05, 4.69) is 15.4 Å². The van der Waals surface area contributed by atoms with Crippen molar-refractivity contribution in [1.82, 2.24) is 5.32 Å². The highest BCUT2D eigenvalue weighted by Gasteiger charge is 2.15. The number of rotatable bonds is 4. The summed E-state index contributed by atoms with van der Waals surface area (Å²) in [6.45, 7) is 0. The lowest BCUT2D eigenvalue weighted by molar-refractivity contribution is 0.254. The summed E-state index contributed by atoms with van der Waals surface area (Å²) in [5.41, 5.74) is 0.863. The Bertz CT molecular complexity index is 803. The molecular formula is C14H13Cl2N3O3S. The second-order valence-electron chi connectivity index (χ2n) is 4.49. The van der Waals surface area contributed by atoms with Crippen LogP contribution in [0.2, 0.25) is 10.0 Å². The van der Waals surface area contributed by atoms with Gasteiger partial charge >= 0.3 is 6.03 Å². The fraction of sp³-hybridized carbons (Fsp3) is 0.0714. The van der Waals surface area contributed by atoms with Gasteiger partial charge in [0, 0.05) is 28.5 Å². The summed E-state index contributed by atoms with van der Waals surface area (Å²) in [4.78, 5) is 11.1. The highest BCUT2D eigenvalue weighted by molar-refractivity contribution is 7.92. The van der Waals surface area contributed by atoms with Crippen molar-refractivity contribution >= 4 is 50.6 Å². The molecule has 2 aromatic rings. The summed E-state index contributed by atoms with van der Waals surface area (Å²) < 4.78 is 27.0. The summed E-state index contributed by atoms with van der Waals surface area (Å²) in [5, 5.41) is 5.43. The molecule has 0 radical (unpaired) electrons. The monoisotopic (exact) mass is 373 g/mol. The van der Waals surface area contributed by atoms with Gasteiger partial charge in [0.1, 0.15) is 0 Å². The molecule has 2 rings (SSSR count). The van der Waals surface area contributed by atoms with E-state index in [1.165, 1.54) is 37.4 Å². The van der Waals surface area contributed by atoms with Crippen molar-refractivity contribution in [3.63, 3.8) is 0 Å². The molecule has 2 aromatic carbocycles. The van der Waals surface area contributed by atoms with E-state index in [1.807, 2.05) is 0 Å². The number of sulfonamides is 1. The van der Waals surface area contributed by atoms with Crippen molar-refractivity contribution in [3.8, 4) is 0 Å². The van der Waals surface area contributed by atoms with Crippen molar-refractivity contribution in [2.24, 2.45) is 0 Å². The molecular weight excluding hydrogens is 361 g/mol. The quantitative estimate of drug-likeness (QED) is 0.765. The highest BCUT2D eigenvalue weighted by atomic mass is 35.5. The van der Waals surface area contributed by atoms with E-state index in [0.29, 0.717) is 11.4 Å². The van der Waals surface area contributed by atoms with Crippen LogP contribution in [0.3, 0.4) is 0 Å². The van der Waals surface area contributed by atoms with Crippen molar-refractivity contribution in [2.75, 3.05) is 17.1 Å². The fourth-order valence-corrected chi connectivity index (χ4v) is 3.50. The van der Waals surface area contributed by atoms with E-state index in [0.717, 1.165) is 0 Å². The number of halogens is 2. The first-order chi connectivity index (χ1) is 10.8. The number of hydrogen-bond acceptors (Lipinski definition) is 3. The number of carbonyl (C=O) groups excluding carboxylic acids is 1. The van der Waals surface area contributed by atoms with Crippen LogP contribution < -0.4 is 15.4 Å². The summed E-state index contributed by atoms with van der Waals surface area (Å²) in [6, 6.07) is 9.86. The zero-order valence-corrected chi connectivity index (χ0v) is 14.3. The molecule has 0 saturated heterocycles. The molecule has 9 heteroatoms. The summed E-state index contributed by atoms with van der Waals surface area (Å²) in [6.07, 6.45) is 0. The van der Waals surface area contributed by atoms with Crippen molar-refractivity contribution < 1.29 is 13.2 Å². The number of anilines is 2. The lowest BCUT2D eigenvalue weighted by Crippen LogP contribution is -2.24. The van der Waals surface area contributed by atoms with Crippen LogP contribution in [-0.2, 0) is 10.0 Å². The minimum Gasteiger partial charge on any atom is -0.341 e. The van der Waals surface area contributed by atoms with Gasteiger partial charge in [0.15, 0.2) is 0 Å². The van der Waals surface area contributed by atoms with Gasteiger partial charge in [0.05, 0.1) is 4.90 Å². The van der Waals surface area contributed by atoms with Gasteiger partial charge in [0.2, 0.25) is 0 Å². The molecule has 0 atom stereocenters. The zero-order valence-electron chi connectivity index (χ0n) is 11.9. The Kier molecular flexibility index (Phi) is 5.35. The Hall–Kier alpha value is -1.96. The van der Waals surface area contributed by atoms with Crippen LogP contribution in [0.4, 0.5) is 16.2 Å². The Morgan fingerprint density at radius 1 is 0.957 bits per heavy atom. The molecule has 0 aromatic heterocycles. The number of urea groups is 1. The number of carbonyl (C=O) groups is 1. The van der Waals surface area contributed by atoms with Crippen LogP contribution in [0.5, 0.6) is 0 Å². The molecule has 122 valence electrons. The maximum atomic E-state index is 12.3. The molecule has 0 unspecified atom stereocenters. The standard InChI is InChI=1S/C14H13Cl2N3O3S/c1-17-14(20)18-11-2-4-12(5-3-11)19-23(21,22)13-7-9(15)6-10(16)8-13/h2-8,19H,1H3,(H2,17,18,20). The van der Waals surface area contributed by atoms with E-state index >= 15 is 0 Å². The van der Waals surface area contributed by atoms with Gasteiger partial charge in [-0.1, -0.05) is 23.2 Å². The molecule has 0 aliphatic carbocycles. The van der Waals surface area contributed by atoms with Gasteiger partial charge in [-0.2, -0.15) is 0 Å². The van der Waals surface area contributed by atoms with Crippen LogP contribution in [0.1, 0.15) is 0 Å². The van der Waals surface area contributed by atoms with Crippen LogP contribution in [0.15, 0.2) is 47.4 Å². The molecule has 0 aliphatic rings. The average molecular weight is 374 g/mol. The van der Waals surface area contributed by atoms with Crippen molar-refractivity contribution in [2.45, 2.75) is 4.90 Å². The lowest BCUT2D eigenvalue weighted by Gasteiger charge is -2.10. The topological polar surface area (TPSA) is 87.3 Å². The molecule has 0 fully saturated rings. The Morgan fingerprint density at radius 3 is 2.00 bits per heavy atom. The van der Waals surface area contributed by atoms with E-state index in [9.17, 15) is 13.2 Å². The number of hydrogen-bond donors (Lipinski definition) is 3. The third kappa shape index (κ3) is 4.75. The first-order valence-electron chi connectivity index (χ1n) is 6.38. The molecule has 3 N–H and O–H groups in total. The molecule has 2 amide bonds. The molecule has 23 heavy (non-hydrogen) atoms. The van der Waals surface area contributed by atoms with Crippen LogP contribution in [-0.4, -0.2) is 21.5 Å². The first-order valence-corrected chi connectivity index (χ1v) is 8.62. The molecule has 0 bridgehead atoms. The van der Waals surface area contributed by atoms with Gasteiger partial charge in [-0.15, -0.1) is 0 Å². The highest BCUT2D eigenvalue weighted by Crippen LogP contribution is 2.24. The largest absolute Gasteiger partial charge is 0.341 e. The number of nitrogens with one attached hydrogen (secondary N) is 3. The van der Waals surface area contributed by atoms with E-state index in [1.54, 1.807) is 12.1 Å². The molecule has 0 spiro atoms. The van der Waals surface area contributed by atoms with Crippen LogP contribution >= 0.6 is 23.2 Å². The predicted octanol–water partition coefficient (Wildman–Crippen LogP) is 3.55. The Balaban J connectivity index is 2.19. The maximum absolute atomic E-state index is 12.3. The predicted molar refractivity (Wildman–Crippen MR) is 91.8 cm³/mol. The van der Waals surface area contributed by atoms with Crippen molar-refractivity contribution in [3.05, 3.63) is 52.5 Å². The van der Waals surface area contributed by atoms with Crippen LogP contribution in [0.25, 0.3) is 0 Å². The first kappa shape index (κ1) is 17.4. The fourth-order valence-electron chi connectivity index (χ4n) is 1.71. The molecule has 6 nitrogen and oxygen atoms in total. The van der Waals surface area contributed by atoms with E-state index < -0.39 is 10.0 Å². The molecule has 0 aliphatic heterocycles. The third-order valence-corrected chi connectivity index (χ3v) is 4.57. The number of amides is 2.